The summed E-state index contributed by atoms with van der Waals surface area (Å²) < 4.78 is 17.0. The molecular formula is C25H33NO8. The molecule has 186 valence electrons. The van der Waals surface area contributed by atoms with Crippen LogP contribution in [0.15, 0.2) is 24.3 Å². The van der Waals surface area contributed by atoms with Gasteiger partial charge in [-0.25, -0.2) is 4.79 Å². The number of rotatable bonds is 3. The lowest BCUT2D eigenvalue weighted by Crippen LogP contribution is -2.62. The number of amides is 1. The molecule has 1 aromatic rings. The number of hydrogen-bond donors (Lipinski definition) is 4. The average Bonchev–Trinajstić information content (AvgIpc) is 3.28. The molecule has 0 bridgehead atoms. The summed E-state index contributed by atoms with van der Waals surface area (Å²) in [5.41, 5.74) is 0.792. The fraction of sp³-hybridized carbons (Fsp3) is 0.640. The molecule has 1 aromatic carbocycles. The quantitative estimate of drug-likeness (QED) is 0.467. The van der Waals surface area contributed by atoms with Crippen LogP contribution in [0.3, 0.4) is 0 Å². The van der Waals surface area contributed by atoms with Crippen molar-refractivity contribution in [1.82, 2.24) is 4.90 Å². The molecule has 9 heteroatoms. The Morgan fingerprint density at radius 2 is 2.03 bits per heavy atom. The van der Waals surface area contributed by atoms with E-state index in [1.54, 1.807) is 4.90 Å². The van der Waals surface area contributed by atoms with Crippen LogP contribution in [-0.4, -0.2) is 94.0 Å². The van der Waals surface area contributed by atoms with Gasteiger partial charge in [0, 0.05) is 24.1 Å². The zero-order valence-electron chi connectivity index (χ0n) is 19.5. The minimum absolute atomic E-state index is 0.155. The Morgan fingerprint density at radius 3 is 2.74 bits per heavy atom. The summed E-state index contributed by atoms with van der Waals surface area (Å²) in [5, 5.41) is 40.7. The molecule has 0 unspecified atom stereocenters. The summed E-state index contributed by atoms with van der Waals surface area (Å²) in [4.78, 5) is 14.1. The van der Waals surface area contributed by atoms with E-state index in [0.29, 0.717) is 25.8 Å². The number of likely N-dealkylation sites (tertiary alicyclic amines) is 1. The summed E-state index contributed by atoms with van der Waals surface area (Å²) in [6.07, 6.45) is -4.71. The van der Waals surface area contributed by atoms with Crippen LogP contribution in [0.5, 0.6) is 0 Å². The van der Waals surface area contributed by atoms with Gasteiger partial charge >= 0.3 is 6.09 Å². The minimum atomic E-state index is -1.55. The van der Waals surface area contributed by atoms with E-state index in [1.807, 2.05) is 31.2 Å². The number of carbonyl (C=O) groups excluding carboxylic acids is 1. The van der Waals surface area contributed by atoms with Gasteiger partial charge in [-0.15, -0.1) is 0 Å². The second-order valence-electron chi connectivity index (χ2n) is 9.34. The molecule has 2 aliphatic heterocycles. The van der Waals surface area contributed by atoms with Crippen molar-refractivity contribution < 1.29 is 39.4 Å². The third-order valence-electron chi connectivity index (χ3n) is 7.21. The second kappa shape index (κ2) is 10.2. The number of nitrogens with zero attached hydrogens (tertiary/aromatic N) is 1. The van der Waals surface area contributed by atoms with E-state index in [0.717, 1.165) is 17.5 Å². The lowest BCUT2D eigenvalue weighted by Gasteiger charge is -2.47. The molecule has 0 aromatic heterocycles. The van der Waals surface area contributed by atoms with Crippen LogP contribution in [-0.2, 0) is 14.2 Å². The van der Waals surface area contributed by atoms with Gasteiger partial charge in [0.2, 0.25) is 0 Å². The zero-order valence-corrected chi connectivity index (χ0v) is 19.5. The Morgan fingerprint density at radius 1 is 1.24 bits per heavy atom. The number of fused-ring (bicyclic) bond motifs is 1. The molecular weight excluding hydrogens is 442 g/mol. The van der Waals surface area contributed by atoms with Crippen LogP contribution in [0, 0.1) is 24.7 Å². The number of aliphatic hydroxyl groups excluding tert-OH is 4. The van der Waals surface area contributed by atoms with Crippen molar-refractivity contribution in [2.45, 2.75) is 75.0 Å². The lowest BCUT2D eigenvalue weighted by atomic mass is 9.72. The van der Waals surface area contributed by atoms with Crippen LogP contribution in [0.1, 0.15) is 36.8 Å². The number of hydrogen-bond acceptors (Lipinski definition) is 8. The third-order valence-corrected chi connectivity index (χ3v) is 7.21. The molecule has 8 atom stereocenters. The molecule has 3 aliphatic rings. The maximum absolute atomic E-state index is 12.4. The fourth-order valence-corrected chi connectivity index (χ4v) is 5.46. The molecule has 2 saturated heterocycles. The Balaban J connectivity index is 1.70. The molecule has 1 saturated carbocycles. The monoisotopic (exact) mass is 475 g/mol. The fourth-order valence-electron chi connectivity index (χ4n) is 5.46. The Labute approximate surface area is 199 Å². The van der Waals surface area contributed by atoms with Gasteiger partial charge in [-0.05, 0) is 50.3 Å². The molecule has 4 N–H and O–H groups in total. The summed E-state index contributed by atoms with van der Waals surface area (Å²) in [7, 11) is 1.35. The maximum Gasteiger partial charge on any atom is 0.409 e. The largest absolute Gasteiger partial charge is 0.453 e. The molecule has 1 aliphatic carbocycles. The molecule has 9 nitrogen and oxygen atoms in total. The molecule has 4 rings (SSSR count). The van der Waals surface area contributed by atoms with Crippen LogP contribution < -0.4 is 0 Å². The first kappa shape index (κ1) is 24.9. The van der Waals surface area contributed by atoms with E-state index in [1.165, 1.54) is 7.11 Å². The zero-order chi connectivity index (χ0) is 24.5. The summed E-state index contributed by atoms with van der Waals surface area (Å²) >= 11 is 0. The third kappa shape index (κ3) is 4.67. The van der Waals surface area contributed by atoms with Crippen molar-refractivity contribution in [2.24, 2.45) is 5.92 Å². The lowest BCUT2D eigenvalue weighted by molar-refractivity contribution is -0.327. The van der Waals surface area contributed by atoms with Crippen LogP contribution >= 0.6 is 0 Å². The topological polar surface area (TPSA) is 129 Å². The highest BCUT2D eigenvalue weighted by atomic mass is 16.7. The Hall–Kier alpha value is -2.19. The van der Waals surface area contributed by atoms with Gasteiger partial charge in [-0.3, -0.25) is 0 Å². The average molecular weight is 476 g/mol. The first-order valence-corrected chi connectivity index (χ1v) is 11.7. The highest BCUT2D eigenvalue weighted by Gasteiger charge is 2.55. The van der Waals surface area contributed by atoms with Gasteiger partial charge in [0.05, 0.1) is 13.7 Å². The predicted molar refractivity (Wildman–Crippen MR) is 120 cm³/mol. The van der Waals surface area contributed by atoms with Crippen LogP contribution in [0.4, 0.5) is 4.79 Å². The van der Waals surface area contributed by atoms with Crippen molar-refractivity contribution in [3.8, 4) is 11.8 Å². The van der Waals surface area contributed by atoms with Gasteiger partial charge in [0.25, 0.3) is 0 Å². The van der Waals surface area contributed by atoms with E-state index in [4.69, 9.17) is 14.2 Å². The van der Waals surface area contributed by atoms with E-state index < -0.39 is 49.0 Å². The number of benzene rings is 1. The van der Waals surface area contributed by atoms with Gasteiger partial charge < -0.3 is 39.5 Å². The van der Waals surface area contributed by atoms with E-state index in [2.05, 4.69) is 11.8 Å². The van der Waals surface area contributed by atoms with Crippen molar-refractivity contribution in [3.05, 3.63) is 35.4 Å². The smallest absolute Gasteiger partial charge is 0.409 e. The summed E-state index contributed by atoms with van der Waals surface area (Å²) in [5.74, 6) is 6.34. The highest BCUT2D eigenvalue weighted by molar-refractivity contribution is 5.68. The number of methoxy groups -OCH3 is 1. The SMILES string of the molecule is COC(=O)N1CC[C@@H]2[C@H]1CCC[C@]2(C#Cc1cccc(C)c1)O[C@H]1O[C@H](CO)[C@@H](O)[C@H](O)[C@H]1O. The van der Waals surface area contributed by atoms with Crippen molar-refractivity contribution in [2.75, 3.05) is 20.3 Å². The molecule has 34 heavy (non-hydrogen) atoms. The normalized spacial score (nSPS) is 37.5. The molecule has 2 heterocycles. The molecule has 0 spiro atoms. The first-order valence-electron chi connectivity index (χ1n) is 11.7. The Bertz CT molecular complexity index is 942. The predicted octanol–water partition coefficient (Wildman–Crippen LogP) is 0.543. The number of ether oxygens (including phenoxy) is 3. The summed E-state index contributed by atoms with van der Waals surface area (Å²) in [6, 6.07) is 7.61. The van der Waals surface area contributed by atoms with Crippen molar-refractivity contribution in [3.63, 3.8) is 0 Å². The number of aryl methyl sites for hydroxylation is 1. The van der Waals surface area contributed by atoms with Crippen LogP contribution in [0.2, 0.25) is 0 Å². The standard InChI is InChI=1S/C25H33NO8/c1-15-5-3-6-16(13-15)8-11-25(34-23-22(30)21(29)20(28)19(14-27)33-23)10-4-7-18-17(25)9-12-26(18)24(31)32-2/h3,5-6,13,17-23,27-30H,4,7,9-10,12,14H2,1-2H3/t17-,18-,19-,20-,21+,22-,23-,25-/m1/s1. The minimum Gasteiger partial charge on any atom is -0.453 e. The van der Waals surface area contributed by atoms with Gasteiger partial charge in [0.1, 0.15) is 30.0 Å². The van der Waals surface area contributed by atoms with Crippen molar-refractivity contribution >= 4 is 6.09 Å². The molecule has 3 fully saturated rings. The van der Waals surface area contributed by atoms with Crippen LogP contribution in [0.25, 0.3) is 0 Å². The summed E-state index contributed by atoms with van der Waals surface area (Å²) in [6.45, 7) is 1.93. The van der Waals surface area contributed by atoms with E-state index in [-0.39, 0.29) is 12.0 Å². The first-order chi connectivity index (χ1) is 16.3. The second-order valence-corrected chi connectivity index (χ2v) is 9.34. The molecule has 1 amide bonds. The maximum atomic E-state index is 12.4. The Kier molecular flexibility index (Phi) is 7.48. The number of carbonyl (C=O) groups is 1. The number of aliphatic hydroxyl groups is 4. The van der Waals surface area contributed by atoms with Crippen molar-refractivity contribution in [1.29, 1.82) is 0 Å². The van der Waals surface area contributed by atoms with Gasteiger partial charge in [-0.1, -0.05) is 24.0 Å². The van der Waals surface area contributed by atoms with Gasteiger partial charge in [0.15, 0.2) is 6.29 Å². The van der Waals surface area contributed by atoms with E-state index >= 15 is 0 Å². The highest BCUT2D eigenvalue weighted by Crippen LogP contribution is 2.46. The van der Waals surface area contributed by atoms with E-state index in [9.17, 15) is 25.2 Å². The molecule has 0 radical (unpaired) electrons. The van der Waals surface area contributed by atoms with Gasteiger partial charge in [-0.2, -0.15) is 0 Å².